The molecule has 15 heavy (non-hydrogen) atoms. The summed E-state index contributed by atoms with van der Waals surface area (Å²) < 4.78 is 36.1. The highest BCUT2D eigenvalue weighted by atomic mass is 32.2. The maximum absolute atomic E-state index is 11.1. The Balaban J connectivity index is 5.10. The lowest BCUT2D eigenvalue weighted by Crippen LogP contribution is -2.32. The summed E-state index contributed by atoms with van der Waals surface area (Å²) in [5, 5.41) is 0. The predicted octanol–water partition coefficient (Wildman–Crippen LogP) is 0.880. The fourth-order valence-electron chi connectivity index (χ4n) is 0.861. The van der Waals surface area contributed by atoms with Gasteiger partial charge < -0.3 is 10.2 Å². The molecule has 5 nitrogen and oxygen atoms in total. The highest BCUT2D eigenvalue weighted by Gasteiger charge is 2.31. The highest BCUT2D eigenvalue weighted by molar-refractivity contribution is 8.11. The van der Waals surface area contributed by atoms with Crippen LogP contribution in [0.5, 0.6) is 0 Å². The third-order valence-corrected chi connectivity index (χ3v) is 2.94. The van der Waals surface area contributed by atoms with E-state index in [0.717, 1.165) is 0 Å². The molecule has 0 aromatic heterocycles. The number of nitrogens with two attached hydrogens (primary N) is 1. The Labute approximate surface area is 94.9 Å². The van der Waals surface area contributed by atoms with Gasteiger partial charge in [-0.05, 0) is 26.0 Å². The molecule has 1 radical (unpaired) electrons. The van der Waals surface area contributed by atoms with Crippen molar-refractivity contribution in [2.24, 2.45) is 5.64 Å². The van der Waals surface area contributed by atoms with Crippen LogP contribution in [0.3, 0.4) is 0 Å². The average Bonchev–Trinajstić information content (AvgIpc) is 2.18. The lowest BCUT2D eigenvalue weighted by molar-refractivity contribution is 0.270. The van der Waals surface area contributed by atoms with Gasteiger partial charge in [0.25, 0.3) is 0 Å². The first-order valence-corrected chi connectivity index (χ1v) is 6.30. The van der Waals surface area contributed by atoms with E-state index < -0.39 is 14.9 Å². The second kappa shape index (κ2) is 6.34. The third kappa shape index (κ3) is 4.85. The Bertz CT molecular complexity index is 327. The SMILES string of the molecule is CC=CC(C=CC)(OS(=O)(=O)[B]N)SO. The van der Waals surface area contributed by atoms with Crippen LogP contribution in [-0.4, -0.2) is 24.6 Å². The number of allylic oxidation sites excluding steroid dienone is 2. The first-order valence-electron chi connectivity index (χ1n) is 4.06. The van der Waals surface area contributed by atoms with Gasteiger partial charge >= 0.3 is 6.69 Å². The van der Waals surface area contributed by atoms with E-state index in [9.17, 15) is 8.42 Å². The van der Waals surface area contributed by atoms with Crippen molar-refractivity contribution >= 4 is 28.7 Å². The third-order valence-electron chi connectivity index (χ3n) is 1.35. The van der Waals surface area contributed by atoms with E-state index in [1.165, 1.54) is 12.2 Å². The molecule has 0 aromatic carbocycles. The van der Waals surface area contributed by atoms with Crippen LogP contribution < -0.4 is 5.64 Å². The van der Waals surface area contributed by atoms with Gasteiger partial charge in [0.15, 0.2) is 4.93 Å². The summed E-state index contributed by atoms with van der Waals surface area (Å²) in [4.78, 5) is -1.46. The molecule has 85 valence electrons. The molecule has 3 N–H and O–H groups in total. The molecular weight excluding hydrogens is 237 g/mol. The summed E-state index contributed by atoms with van der Waals surface area (Å²) in [6.45, 7) is 3.79. The van der Waals surface area contributed by atoms with Crippen LogP contribution in [0.4, 0.5) is 0 Å². The second-order valence-corrected chi connectivity index (χ2v) is 4.77. The summed E-state index contributed by atoms with van der Waals surface area (Å²) in [6.07, 6.45) is 5.93. The van der Waals surface area contributed by atoms with Crippen LogP contribution in [-0.2, 0) is 14.2 Å². The van der Waals surface area contributed by atoms with Crippen LogP contribution in [0, 0.1) is 0 Å². The molecule has 0 saturated heterocycles. The summed E-state index contributed by atoms with van der Waals surface area (Å²) in [5.74, 6) is 0. The topological polar surface area (TPSA) is 89.6 Å². The van der Waals surface area contributed by atoms with E-state index in [0.29, 0.717) is 6.69 Å². The summed E-state index contributed by atoms with van der Waals surface area (Å²) in [5.41, 5.74) is 4.88. The fourth-order valence-corrected chi connectivity index (χ4v) is 2.19. The van der Waals surface area contributed by atoms with Gasteiger partial charge in [0.05, 0.1) is 0 Å². The monoisotopic (exact) mass is 250 g/mol. The van der Waals surface area contributed by atoms with Gasteiger partial charge in [-0.15, -0.1) is 0 Å². The fraction of sp³-hybridized carbons (Fsp3) is 0.429. The van der Waals surface area contributed by atoms with Gasteiger partial charge in [-0.2, -0.15) is 0 Å². The van der Waals surface area contributed by atoms with Gasteiger partial charge in [-0.3, -0.25) is 0 Å². The smallest absolute Gasteiger partial charge is 0.357 e. The first-order chi connectivity index (χ1) is 6.95. The lowest BCUT2D eigenvalue weighted by atomic mass is 10.3. The number of hydrogen-bond acceptors (Lipinski definition) is 6. The van der Waals surface area contributed by atoms with Crippen molar-refractivity contribution in [3.8, 4) is 0 Å². The predicted molar refractivity (Wildman–Crippen MR) is 62.5 cm³/mol. The van der Waals surface area contributed by atoms with Crippen molar-refractivity contribution < 1.29 is 17.2 Å². The number of hydrogen-bond donors (Lipinski definition) is 2. The van der Waals surface area contributed by atoms with Gasteiger partial charge in [0.1, 0.15) is 0 Å². The molecule has 0 spiro atoms. The van der Waals surface area contributed by atoms with E-state index >= 15 is 0 Å². The molecule has 0 rings (SSSR count). The summed E-state index contributed by atoms with van der Waals surface area (Å²) >= 11 is 0.258. The quantitative estimate of drug-likeness (QED) is 0.315. The minimum absolute atomic E-state index is 0.258. The molecule has 0 unspecified atom stereocenters. The van der Waals surface area contributed by atoms with Crippen molar-refractivity contribution in [1.82, 2.24) is 0 Å². The Morgan fingerprint density at radius 2 is 1.87 bits per heavy atom. The maximum atomic E-state index is 11.1. The van der Waals surface area contributed by atoms with Gasteiger partial charge in [0, 0.05) is 12.0 Å². The van der Waals surface area contributed by atoms with Crippen LogP contribution in [0.1, 0.15) is 13.8 Å². The average molecular weight is 250 g/mol. The van der Waals surface area contributed by atoms with Crippen molar-refractivity contribution in [3.05, 3.63) is 24.3 Å². The lowest BCUT2D eigenvalue weighted by Gasteiger charge is -2.22. The first kappa shape index (κ1) is 14.7. The Morgan fingerprint density at radius 3 is 2.13 bits per heavy atom. The molecule has 0 saturated carbocycles. The molecule has 0 amide bonds. The largest absolute Gasteiger partial charge is 0.408 e. The van der Waals surface area contributed by atoms with Gasteiger partial charge in [-0.1, -0.05) is 12.2 Å². The molecule has 0 aromatic rings. The van der Waals surface area contributed by atoms with Gasteiger partial charge in [0.2, 0.25) is 9.97 Å². The Hall–Kier alpha value is -0.275. The Morgan fingerprint density at radius 1 is 1.40 bits per heavy atom. The minimum atomic E-state index is -3.96. The van der Waals surface area contributed by atoms with Crippen molar-refractivity contribution in [1.29, 1.82) is 0 Å². The molecule has 0 bridgehead atoms. The van der Waals surface area contributed by atoms with Crippen LogP contribution in [0.25, 0.3) is 0 Å². The highest BCUT2D eigenvalue weighted by Crippen LogP contribution is 2.29. The summed E-state index contributed by atoms with van der Waals surface area (Å²) in [6, 6.07) is 0. The molecule has 0 aliphatic carbocycles. The van der Waals surface area contributed by atoms with Crippen LogP contribution in [0.2, 0.25) is 0 Å². The second-order valence-electron chi connectivity index (χ2n) is 2.52. The zero-order chi connectivity index (χ0) is 11.9. The van der Waals surface area contributed by atoms with Crippen molar-refractivity contribution in [2.75, 3.05) is 0 Å². The van der Waals surface area contributed by atoms with Crippen LogP contribution >= 0.6 is 12.0 Å². The molecule has 0 aliphatic heterocycles. The zero-order valence-corrected chi connectivity index (χ0v) is 10.1. The molecule has 0 aliphatic rings. The number of rotatable bonds is 6. The standard InChI is InChI=1S/C7H13BNO4S2/c1-3-5-7(14-10,6-4-2)13-15(11,12)8-9/h3-6,10H,9H2,1-2H3. The zero-order valence-electron chi connectivity index (χ0n) is 8.45. The molecular formula is C7H13BNO4S2. The van der Waals surface area contributed by atoms with E-state index in [1.54, 1.807) is 26.0 Å². The van der Waals surface area contributed by atoms with E-state index in [-0.39, 0.29) is 12.0 Å². The Kier molecular flexibility index (Phi) is 6.22. The van der Waals surface area contributed by atoms with Crippen molar-refractivity contribution in [3.63, 3.8) is 0 Å². The molecule has 0 atom stereocenters. The normalized spacial score (nSPS) is 17.1. The minimum Gasteiger partial charge on any atom is -0.357 e. The van der Waals surface area contributed by atoms with Crippen LogP contribution in [0.15, 0.2) is 24.3 Å². The van der Waals surface area contributed by atoms with E-state index in [2.05, 4.69) is 0 Å². The van der Waals surface area contributed by atoms with Gasteiger partial charge in [-0.25, -0.2) is 12.6 Å². The summed E-state index contributed by atoms with van der Waals surface area (Å²) in [7, 11) is -3.96. The molecule has 8 heteroatoms. The van der Waals surface area contributed by atoms with E-state index in [4.69, 9.17) is 14.4 Å². The molecule has 0 fully saturated rings. The van der Waals surface area contributed by atoms with Crippen molar-refractivity contribution in [2.45, 2.75) is 18.8 Å². The maximum Gasteiger partial charge on any atom is 0.408 e. The molecule has 0 heterocycles. The van der Waals surface area contributed by atoms with E-state index in [1.807, 2.05) is 0 Å².